The fourth-order valence-electron chi connectivity index (χ4n) is 1.60. The Morgan fingerprint density at radius 2 is 1.75 bits per heavy atom. The Morgan fingerprint density at radius 1 is 1.15 bits per heavy atom. The molecule has 0 aliphatic heterocycles. The standard InChI is InChI=1S/C16H23NO3/c1-5-13-6-8-14(9-7-13)15(18)17-12(4)16(19)20-10-11(2)3/h6-9,11-12H,5,10H2,1-4H3,(H,17,18). The fourth-order valence-corrected chi connectivity index (χ4v) is 1.60. The quantitative estimate of drug-likeness (QED) is 0.813. The van der Waals surface area contributed by atoms with Crippen LogP contribution < -0.4 is 5.32 Å². The number of carbonyl (C=O) groups excluding carboxylic acids is 2. The third-order valence-corrected chi connectivity index (χ3v) is 2.88. The van der Waals surface area contributed by atoms with Crippen molar-refractivity contribution in [2.45, 2.75) is 40.2 Å². The van der Waals surface area contributed by atoms with E-state index in [0.29, 0.717) is 12.2 Å². The van der Waals surface area contributed by atoms with Gasteiger partial charge in [-0.05, 0) is 37.0 Å². The molecule has 4 nitrogen and oxygen atoms in total. The molecule has 1 amide bonds. The topological polar surface area (TPSA) is 55.4 Å². The Bertz CT molecular complexity index is 451. The summed E-state index contributed by atoms with van der Waals surface area (Å²) >= 11 is 0. The van der Waals surface area contributed by atoms with Gasteiger partial charge < -0.3 is 10.1 Å². The SMILES string of the molecule is CCc1ccc(C(=O)NC(C)C(=O)OCC(C)C)cc1. The number of hydrogen-bond donors (Lipinski definition) is 1. The number of esters is 1. The molecule has 4 heteroatoms. The van der Waals surface area contributed by atoms with Crippen LogP contribution in [0, 0.1) is 5.92 Å². The number of rotatable bonds is 6. The fraction of sp³-hybridized carbons (Fsp3) is 0.500. The second kappa shape index (κ2) is 7.68. The van der Waals surface area contributed by atoms with Gasteiger partial charge >= 0.3 is 5.97 Å². The second-order valence-corrected chi connectivity index (χ2v) is 5.27. The average molecular weight is 277 g/mol. The molecule has 1 rings (SSSR count). The third kappa shape index (κ3) is 5.03. The molecule has 0 aliphatic carbocycles. The van der Waals surface area contributed by atoms with Crippen LogP contribution in [0.2, 0.25) is 0 Å². The number of hydrogen-bond acceptors (Lipinski definition) is 3. The molecule has 0 aliphatic rings. The van der Waals surface area contributed by atoms with Gasteiger partial charge in [0.2, 0.25) is 0 Å². The molecule has 110 valence electrons. The lowest BCUT2D eigenvalue weighted by Gasteiger charge is -2.14. The van der Waals surface area contributed by atoms with Gasteiger partial charge in [-0.1, -0.05) is 32.9 Å². The summed E-state index contributed by atoms with van der Waals surface area (Å²) < 4.78 is 5.08. The molecule has 1 aromatic rings. The summed E-state index contributed by atoms with van der Waals surface area (Å²) in [7, 11) is 0. The lowest BCUT2D eigenvalue weighted by atomic mass is 10.1. The lowest BCUT2D eigenvalue weighted by Crippen LogP contribution is -2.39. The normalized spacial score (nSPS) is 12.1. The van der Waals surface area contributed by atoms with E-state index in [1.807, 2.05) is 26.0 Å². The Hall–Kier alpha value is -1.84. The highest BCUT2D eigenvalue weighted by Crippen LogP contribution is 2.05. The molecular formula is C16H23NO3. The van der Waals surface area contributed by atoms with Crippen LogP contribution in [0.1, 0.15) is 43.6 Å². The van der Waals surface area contributed by atoms with Crippen LogP contribution in [0.25, 0.3) is 0 Å². The lowest BCUT2D eigenvalue weighted by molar-refractivity contribution is -0.146. The first-order valence-electron chi connectivity index (χ1n) is 7.00. The minimum absolute atomic E-state index is 0.262. The second-order valence-electron chi connectivity index (χ2n) is 5.27. The summed E-state index contributed by atoms with van der Waals surface area (Å²) in [6, 6.07) is 6.71. The minimum Gasteiger partial charge on any atom is -0.464 e. The van der Waals surface area contributed by atoms with Gasteiger partial charge in [0.25, 0.3) is 5.91 Å². The van der Waals surface area contributed by atoms with Gasteiger partial charge in [0, 0.05) is 5.56 Å². The molecule has 0 bridgehead atoms. The highest BCUT2D eigenvalue weighted by atomic mass is 16.5. The van der Waals surface area contributed by atoms with Crippen LogP contribution in [0.15, 0.2) is 24.3 Å². The zero-order valence-electron chi connectivity index (χ0n) is 12.6. The smallest absolute Gasteiger partial charge is 0.328 e. The molecule has 0 radical (unpaired) electrons. The summed E-state index contributed by atoms with van der Waals surface area (Å²) in [5.41, 5.74) is 1.72. The van der Waals surface area contributed by atoms with Gasteiger partial charge in [-0.15, -0.1) is 0 Å². The Kier molecular flexibility index (Phi) is 6.22. The molecule has 1 unspecified atom stereocenters. The molecule has 1 aromatic carbocycles. The number of nitrogens with one attached hydrogen (secondary N) is 1. The maximum Gasteiger partial charge on any atom is 0.328 e. The van der Waals surface area contributed by atoms with E-state index in [2.05, 4.69) is 12.2 Å². The highest BCUT2D eigenvalue weighted by Gasteiger charge is 2.18. The van der Waals surface area contributed by atoms with Crippen molar-refractivity contribution in [3.8, 4) is 0 Å². The van der Waals surface area contributed by atoms with Crippen molar-refractivity contribution in [1.82, 2.24) is 5.32 Å². The molecule has 0 aromatic heterocycles. The first-order valence-corrected chi connectivity index (χ1v) is 7.00. The van der Waals surface area contributed by atoms with E-state index in [1.165, 1.54) is 5.56 Å². The number of carbonyl (C=O) groups is 2. The van der Waals surface area contributed by atoms with Crippen LogP contribution in [0.5, 0.6) is 0 Å². The van der Waals surface area contributed by atoms with E-state index in [-0.39, 0.29) is 11.8 Å². The van der Waals surface area contributed by atoms with Crippen molar-refractivity contribution < 1.29 is 14.3 Å². The summed E-state index contributed by atoms with van der Waals surface area (Å²) in [5.74, 6) is -0.387. The first kappa shape index (κ1) is 16.2. The van der Waals surface area contributed by atoms with E-state index in [9.17, 15) is 9.59 Å². The Labute approximate surface area is 120 Å². The van der Waals surface area contributed by atoms with Crippen molar-refractivity contribution in [3.63, 3.8) is 0 Å². The third-order valence-electron chi connectivity index (χ3n) is 2.88. The molecule has 0 saturated heterocycles. The predicted molar refractivity (Wildman–Crippen MR) is 78.5 cm³/mol. The maximum atomic E-state index is 12.0. The van der Waals surface area contributed by atoms with Gasteiger partial charge in [-0.2, -0.15) is 0 Å². The van der Waals surface area contributed by atoms with Crippen molar-refractivity contribution in [1.29, 1.82) is 0 Å². The van der Waals surface area contributed by atoms with Crippen LogP contribution in [-0.4, -0.2) is 24.5 Å². The van der Waals surface area contributed by atoms with Gasteiger partial charge in [0.15, 0.2) is 0 Å². The Balaban J connectivity index is 2.53. The first-order chi connectivity index (χ1) is 9.43. The zero-order chi connectivity index (χ0) is 15.1. The largest absolute Gasteiger partial charge is 0.464 e. The summed E-state index contributed by atoms with van der Waals surface area (Å²) in [6.07, 6.45) is 0.930. The van der Waals surface area contributed by atoms with Crippen molar-refractivity contribution in [2.75, 3.05) is 6.61 Å². The van der Waals surface area contributed by atoms with Gasteiger partial charge in [-0.25, -0.2) is 4.79 Å². The number of ether oxygens (including phenoxy) is 1. The van der Waals surface area contributed by atoms with Crippen LogP contribution in [0.3, 0.4) is 0 Å². The van der Waals surface area contributed by atoms with Gasteiger partial charge in [-0.3, -0.25) is 4.79 Å². The summed E-state index contributed by atoms with van der Waals surface area (Å²) in [4.78, 5) is 23.7. The Morgan fingerprint density at radius 3 is 2.25 bits per heavy atom. The van der Waals surface area contributed by atoms with E-state index >= 15 is 0 Å². The molecule has 20 heavy (non-hydrogen) atoms. The number of benzene rings is 1. The molecule has 0 saturated carbocycles. The predicted octanol–water partition coefficient (Wildman–Crippen LogP) is 2.57. The monoisotopic (exact) mass is 277 g/mol. The van der Waals surface area contributed by atoms with Gasteiger partial charge in [0.05, 0.1) is 6.61 Å². The van der Waals surface area contributed by atoms with Crippen LogP contribution in [0.4, 0.5) is 0 Å². The zero-order valence-corrected chi connectivity index (χ0v) is 12.6. The number of amides is 1. The van der Waals surface area contributed by atoms with Crippen molar-refractivity contribution >= 4 is 11.9 Å². The molecule has 0 fully saturated rings. The van der Waals surface area contributed by atoms with Gasteiger partial charge in [0.1, 0.15) is 6.04 Å². The van der Waals surface area contributed by atoms with E-state index in [0.717, 1.165) is 6.42 Å². The minimum atomic E-state index is -0.646. The highest BCUT2D eigenvalue weighted by molar-refractivity contribution is 5.96. The van der Waals surface area contributed by atoms with Crippen molar-refractivity contribution in [3.05, 3.63) is 35.4 Å². The van der Waals surface area contributed by atoms with Crippen LogP contribution in [-0.2, 0) is 16.0 Å². The average Bonchev–Trinajstić information content (AvgIpc) is 2.44. The molecule has 1 N–H and O–H groups in total. The molecule has 0 spiro atoms. The maximum absolute atomic E-state index is 12.0. The van der Waals surface area contributed by atoms with E-state index in [4.69, 9.17) is 4.74 Å². The summed E-state index contributed by atoms with van der Waals surface area (Å²) in [5, 5.41) is 2.64. The summed E-state index contributed by atoms with van der Waals surface area (Å²) in [6.45, 7) is 7.98. The number of aryl methyl sites for hydroxylation is 1. The molecule has 1 atom stereocenters. The molecule has 0 heterocycles. The van der Waals surface area contributed by atoms with Crippen LogP contribution >= 0.6 is 0 Å². The molecular weight excluding hydrogens is 254 g/mol. The van der Waals surface area contributed by atoms with E-state index in [1.54, 1.807) is 19.1 Å². The van der Waals surface area contributed by atoms with Crippen molar-refractivity contribution in [2.24, 2.45) is 5.92 Å². The van der Waals surface area contributed by atoms with E-state index < -0.39 is 12.0 Å².